The Kier molecular flexibility index (Phi) is 5.42. The van der Waals surface area contributed by atoms with Gasteiger partial charge in [-0.2, -0.15) is 0 Å². The van der Waals surface area contributed by atoms with Crippen LogP contribution in [0.1, 0.15) is 23.1 Å². The molecule has 5 heteroatoms. The summed E-state index contributed by atoms with van der Waals surface area (Å²) < 4.78 is 6.31. The van der Waals surface area contributed by atoms with Crippen LogP contribution in [0.3, 0.4) is 0 Å². The predicted octanol–water partition coefficient (Wildman–Crippen LogP) is 4.00. The van der Waals surface area contributed by atoms with Gasteiger partial charge in [0.25, 0.3) is 0 Å². The number of rotatable bonds is 5. The van der Waals surface area contributed by atoms with E-state index in [4.69, 9.17) is 4.74 Å². The van der Waals surface area contributed by atoms with E-state index in [1.165, 1.54) is 5.56 Å². The molecule has 0 radical (unpaired) electrons. The number of hydrogen-bond acceptors (Lipinski definition) is 5. The molecule has 0 aliphatic rings. The molecular formula is C19H19N3OS. The van der Waals surface area contributed by atoms with Crippen LogP contribution in [-0.4, -0.2) is 23.6 Å². The molecule has 0 amide bonds. The Bertz CT molecular complexity index is 892. The number of thiophene rings is 1. The zero-order valence-electron chi connectivity index (χ0n) is 13.8. The molecule has 0 atom stereocenters. The second kappa shape index (κ2) is 7.91. The van der Waals surface area contributed by atoms with Gasteiger partial charge in [-0.1, -0.05) is 30.0 Å². The third kappa shape index (κ3) is 3.73. The number of anilines is 1. The molecule has 0 fully saturated rings. The molecule has 0 spiro atoms. The minimum atomic E-state index is 0.583. The van der Waals surface area contributed by atoms with Crippen LogP contribution in [0.25, 0.3) is 10.2 Å². The van der Waals surface area contributed by atoms with Crippen LogP contribution >= 0.6 is 11.3 Å². The topological polar surface area (TPSA) is 47.0 Å². The van der Waals surface area contributed by atoms with Gasteiger partial charge in [-0.15, -0.1) is 11.3 Å². The Morgan fingerprint density at radius 2 is 2.12 bits per heavy atom. The number of hydrogen-bond donors (Lipinski definition) is 1. The van der Waals surface area contributed by atoms with E-state index < -0.39 is 0 Å². The van der Waals surface area contributed by atoms with Crippen LogP contribution < -0.4 is 5.32 Å². The Labute approximate surface area is 145 Å². The van der Waals surface area contributed by atoms with Crippen molar-refractivity contribution >= 4 is 27.4 Å². The second-order valence-corrected chi connectivity index (χ2v) is 6.27. The van der Waals surface area contributed by atoms with Gasteiger partial charge in [0.1, 0.15) is 12.1 Å². The molecule has 3 aromatic rings. The van der Waals surface area contributed by atoms with Crippen LogP contribution in [-0.2, 0) is 11.3 Å². The first-order valence-corrected chi connectivity index (χ1v) is 8.66. The smallest absolute Gasteiger partial charge is 0.147 e. The maximum atomic E-state index is 5.20. The van der Waals surface area contributed by atoms with Gasteiger partial charge >= 0.3 is 0 Å². The molecule has 4 nitrogen and oxygen atoms in total. The third-order valence-corrected chi connectivity index (χ3v) is 4.71. The van der Waals surface area contributed by atoms with Crippen molar-refractivity contribution in [3.63, 3.8) is 0 Å². The fraction of sp³-hybridized carbons (Fsp3) is 0.263. The van der Waals surface area contributed by atoms with Gasteiger partial charge in [0.05, 0.1) is 16.8 Å². The van der Waals surface area contributed by atoms with E-state index in [0.717, 1.165) is 40.1 Å². The van der Waals surface area contributed by atoms with Crippen LogP contribution in [0.4, 0.5) is 5.82 Å². The number of nitrogens with one attached hydrogen (secondary N) is 1. The summed E-state index contributed by atoms with van der Waals surface area (Å²) in [7, 11) is 1.70. The highest BCUT2D eigenvalue weighted by Crippen LogP contribution is 2.28. The maximum Gasteiger partial charge on any atom is 0.147 e. The molecule has 2 aromatic heterocycles. The molecule has 1 N–H and O–H groups in total. The number of fused-ring (bicyclic) bond motifs is 1. The number of ether oxygens (including phenoxy) is 1. The van der Waals surface area contributed by atoms with E-state index in [1.54, 1.807) is 24.8 Å². The fourth-order valence-corrected chi connectivity index (χ4v) is 3.39. The average molecular weight is 337 g/mol. The van der Waals surface area contributed by atoms with E-state index in [9.17, 15) is 0 Å². The zero-order valence-corrected chi connectivity index (χ0v) is 14.6. The largest absolute Gasteiger partial charge is 0.380 e. The summed E-state index contributed by atoms with van der Waals surface area (Å²) in [6, 6.07) is 8.07. The summed E-state index contributed by atoms with van der Waals surface area (Å²) in [5, 5.41) is 5.47. The van der Waals surface area contributed by atoms with Gasteiger partial charge in [0.2, 0.25) is 0 Å². The van der Waals surface area contributed by atoms with Crippen molar-refractivity contribution in [2.75, 3.05) is 19.0 Å². The van der Waals surface area contributed by atoms with Gasteiger partial charge in [-0.25, -0.2) is 9.97 Å². The Balaban J connectivity index is 1.62. The second-order valence-electron chi connectivity index (χ2n) is 5.39. The van der Waals surface area contributed by atoms with E-state index in [0.29, 0.717) is 6.61 Å². The van der Waals surface area contributed by atoms with E-state index in [-0.39, 0.29) is 0 Å². The average Bonchev–Trinajstić information content (AvgIpc) is 2.98. The normalized spacial score (nSPS) is 10.4. The lowest BCUT2D eigenvalue weighted by atomic mass is 10.1. The molecular weight excluding hydrogens is 318 g/mol. The van der Waals surface area contributed by atoms with Crippen LogP contribution in [0, 0.1) is 18.8 Å². The number of nitrogens with zero attached hydrogens (tertiary/aromatic N) is 2. The number of methoxy groups -OCH3 is 1. The summed E-state index contributed by atoms with van der Waals surface area (Å²) in [5.41, 5.74) is 4.36. The van der Waals surface area contributed by atoms with Crippen LogP contribution in [0.5, 0.6) is 0 Å². The molecule has 0 saturated carbocycles. The van der Waals surface area contributed by atoms with Crippen molar-refractivity contribution in [1.29, 1.82) is 0 Å². The van der Waals surface area contributed by atoms with Crippen molar-refractivity contribution in [1.82, 2.24) is 9.97 Å². The number of aromatic nitrogens is 2. The predicted molar refractivity (Wildman–Crippen MR) is 99.3 cm³/mol. The lowest BCUT2D eigenvalue weighted by Gasteiger charge is -2.04. The summed E-state index contributed by atoms with van der Waals surface area (Å²) in [5.74, 6) is 7.33. The molecule has 0 bridgehead atoms. The van der Waals surface area contributed by atoms with E-state index >= 15 is 0 Å². The van der Waals surface area contributed by atoms with Crippen molar-refractivity contribution in [2.45, 2.75) is 20.0 Å². The molecule has 0 aliphatic heterocycles. The molecule has 1 aromatic carbocycles. The molecule has 122 valence electrons. The Morgan fingerprint density at radius 3 is 3.00 bits per heavy atom. The maximum absolute atomic E-state index is 5.20. The first-order valence-electron chi connectivity index (χ1n) is 7.78. The van der Waals surface area contributed by atoms with Gasteiger partial charge in [-0.05, 0) is 29.5 Å². The van der Waals surface area contributed by atoms with Crippen LogP contribution in [0.15, 0.2) is 36.0 Å². The van der Waals surface area contributed by atoms with Crippen molar-refractivity contribution in [3.05, 3.63) is 52.7 Å². The lowest BCUT2D eigenvalue weighted by molar-refractivity contribution is 0.184. The lowest BCUT2D eigenvalue weighted by Crippen LogP contribution is -2.02. The van der Waals surface area contributed by atoms with Gasteiger partial charge in [-0.3, -0.25) is 0 Å². The molecule has 0 aliphatic carbocycles. The van der Waals surface area contributed by atoms with Crippen molar-refractivity contribution in [2.24, 2.45) is 0 Å². The summed E-state index contributed by atoms with van der Waals surface area (Å²) in [4.78, 5) is 8.67. The minimum absolute atomic E-state index is 0.583. The first-order chi connectivity index (χ1) is 11.8. The van der Waals surface area contributed by atoms with Crippen LogP contribution in [0.2, 0.25) is 0 Å². The summed E-state index contributed by atoms with van der Waals surface area (Å²) in [6.07, 6.45) is 2.36. The highest BCUT2D eigenvalue weighted by atomic mass is 32.1. The van der Waals surface area contributed by atoms with Gasteiger partial charge in [0, 0.05) is 25.6 Å². The van der Waals surface area contributed by atoms with E-state index in [1.807, 2.05) is 24.3 Å². The molecule has 2 heterocycles. The molecule has 0 saturated heterocycles. The standard InChI is InChI=1S/C19H19N3OS/c1-14-12-24-18-17(14)21-13-22-19(18)20-10-6-5-8-15-7-3-4-9-16(15)11-23-2/h3-4,7,9,12-13H,6,10-11H2,1-2H3,(H,20,21,22). The molecule has 24 heavy (non-hydrogen) atoms. The summed E-state index contributed by atoms with van der Waals surface area (Å²) in [6.45, 7) is 3.40. The van der Waals surface area contributed by atoms with Crippen molar-refractivity contribution in [3.8, 4) is 11.8 Å². The molecule has 0 unspecified atom stereocenters. The zero-order chi connectivity index (χ0) is 16.8. The molecule has 3 rings (SSSR count). The summed E-state index contributed by atoms with van der Waals surface area (Å²) >= 11 is 1.67. The van der Waals surface area contributed by atoms with Crippen molar-refractivity contribution < 1.29 is 4.74 Å². The Hall–Kier alpha value is -2.42. The van der Waals surface area contributed by atoms with E-state index in [2.05, 4.69) is 39.4 Å². The third-order valence-electron chi connectivity index (χ3n) is 3.61. The van der Waals surface area contributed by atoms with Gasteiger partial charge < -0.3 is 10.1 Å². The quantitative estimate of drug-likeness (QED) is 0.565. The monoisotopic (exact) mass is 337 g/mol. The number of aryl methyl sites for hydroxylation is 1. The minimum Gasteiger partial charge on any atom is -0.380 e. The first kappa shape index (κ1) is 16.4. The SMILES string of the molecule is COCc1ccccc1C#CCCNc1ncnc2c(C)csc12. The number of benzene rings is 1. The highest BCUT2D eigenvalue weighted by Gasteiger charge is 2.06. The highest BCUT2D eigenvalue weighted by molar-refractivity contribution is 7.18. The fourth-order valence-electron chi connectivity index (χ4n) is 2.42. The van der Waals surface area contributed by atoms with Gasteiger partial charge in [0.15, 0.2) is 0 Å². The Morgan fingerprint density at radius 1 is 1.25 bits per heavy atom.